The maximum Gasteiger partial charge on any atom is 0.242 e. The van der Waals surface area contributed by atoms with Gasteiger partial charge in [0.15, 0.2) is 0 Å². The van der Waals surface area contributed by atoms with E-state index in [4.69, 9.17) is 0 Å². The molecule has 21 heavy (non-hydrogen) atoms. The molecule has 1 N–H and O–H groups in total. The molecule has 0 spiro atoms. The van der Waals surface area contributed by atoms with Crippen molar-refractivity contribution in [3.05, 3.63) is 30.1 Å². The summed E-state index contributed by atoms with van der Waals surface area (Å²) in [6.45, 7) is 3.09. The fourth-order valence-electron chi connectivity index (χ4n) is 3.00. The van der Waals surface area contributed by atoms with Gasteiger partial charge in [-0.2, -0.15) is 0 Å². The summed E-state index contributed by atoms with van der Waals surface area (Å²) in [5.74, 6) is 0.122. The number of piperazine rings is 1. The molecule has 3 heterocycles. The lowest BCUT2D eigenvalue weighted by molar-refractivity contribution is -0.140. The lowest BCUT2D eigenvalue weighted by Gasteiger charge is -2.37. The highest BCUT2D eigenvalue weighted by atomic mass is 16.2. The van der Waals surface area contributed by atoms with Crippen LogP contribution in [0.2, 0.25) is 0 Å². The SMILES string of the molecule is O=C1CCCN1CC(=O)N1CCNCC1c1cccnc1. The van der Waals surface area contributed by atoms with E-state index in [1.165, 1.54) is 0 Å². The molecule has 0 aromatic carbocycles. The van der Waals surface area contributed by atoms with E-state index in [-0.39, 0.29) is 24.4 Å². The Kier molecular flexibility index (Phi) is 4.15. The Hall–Kier alpha value is -1.95. The average molecular weight is 288 g/mol. The molecule has 2 amide bonds. The fourth-order valence-corrected chi connectivity index (χ4v) is 3.00. The van der Waals surface area contributed by atoms with Gasteiger partial charge in [0, 0.05) is 45.0 Å². The van der Waals surface area contributed by atoms with Gasteiger partial charge in [-0.1, -0.05) is 6.07 Å². The summed E-state index contributed by atoms with van der Waals surface area (Å²) >= 11 is 0. The van der Waals surface area contributed by atoms with Gasteiger partial charge in [-0.3, -0.25) is 14.6 Å². The first-order chi connectivity index (χ1) is 10.3. The van der Waals surface area contributed by atoms with Crippen molar-refractivity contribution in [2.45, 2.75) is 18.9 Å². The molecule has 1 aromatic rings. The van der Waals surface area contributed by atoms with Gasteiger partial charge >= 0.3 is 0 Å². The minimum Gasteiger partial charge on any atom is -0.333 e. The number of hydrogen-bond donors (Lipinski definition) is 1. The number of pyridine rings is 1. The second kappa shape index (κ2) is 6.22. The van der Waals surface area contributed by atoms with Crippen LogP contribution in [0.4, 0.5) is 0 Å². The van der Waals surface area contributed by atoms with E-state index in [1.54, 1.807) is 17.3 Å². The molecular formula is C15H20N4O2. The Bertz CT molecular complexity index is 520. The molecule has 6 nitrogen and oxygen atoms in total. The second-order valence-corrected chi connectivity index (χ2v) is 5.51. The standard InChI is InChI=1S/C15H20N4O2/c20-14-4-2-7-18(14)11-15(21)19-8-6-17-10-13(19)12-3-1-5-16-9-12/h1,3,5,9,13,17H,2,4,6-8,10-11H2. The van der Waals surface area contributed by atoms with Gasteiger partial charge in [0.25, 0.3) is 0 Å². The fraction of sp³-hybridized carbons (Fsp3) is 0.533. The highest BCUT2D eigenvalue weighted by molar-refractivity contribution is 5.86. The maximum absolute atomic E-state index is 12.6. The van der Waals surface area contributed by atoms with E-state index in [0.29, 0.717) is 19.5 Å². The lowest BCUT2D eigenvalue weighted by Crippen LogP contribution is -2.51. The van der Waals surface area contributed by atoms with E-state index in [0.717, 1.165) is 25.1 Å². The van der Waals surface area contributed by atoms with Crippen molar-refractivity contribution in [3.63, 3.8) is 0 Å². The Balaban J connectivity index is 1.71. The van der Waals surface area contributed by atoms with Crippen molar-refractivity contribution in [1.29, 1.82) is 0 Å². The highest BCUT2D eigenvalue weighted by Gasteiger charge is 2.31. The molecule has 2 saturated heterocycles. The van der Waals surface area contributed by atoms with Crippen LogP contribution in [-0.2, 0) is 9.59 Å². The summed E-state index contributed by atoms with van der Waals surface area (Å²) in [5.41, 5.74) is 1.03. The Morgan fingerprint density at radius 2 is 2.33 bits per heavy atom. The molecular weight excluding hydrogens is 268 g/mol. The van der Waals surface area contributed by atoms with Crippen LogP contribution in [0.15, 0.2) is 24.5 Å². The summed E-state index contributed by atoms with van der Waals surface area (Å²) < 4.78 is 0. The zero-order valence-corrected chi connectivity index (χ0v) is 12.0. The molecule has 0 bridgehead atoms. The highest BCUT2D eigenvalue weighted by Crippen LogP contribution is 2.22. The lowest BCUT2D eigenvalue weighted by atomic mass is 10.1. The van der Waals surface area contributed by atoms with Crippen LogP contribution in [0.25, 0.3) is 0 Å². The summed E-state index contributed by atoms with van der Waals surface area (Å²) in [6.07, 6.45) is 4.97. The van der Waals surface area contributed by atoms with Crippen LogP contribution in [0.3, 0.4) is 0 Å². The van der Waals surface area contributed by atoms with Crippen LogP contribution >= 0.6 is 0 Å². The van der Waals surface area contributed by atoms with Gasteiger partial charge in [-0.25, -0.2) is 0 Å². The molecule has 2 aliphatic rings. The quantitative estimate of drug-likeness (QED) is 0.861. The van der Waals surface area contributed by atoms with Gasteiger partial charge in [-0.15, -0.1) is 0 Å². The van der Waals surface area contributed by atoms with Gasteiger partial charge in [-0.05, 0) is 18.1 Å². The van der Waals surface area contributed by atoms with Crippen LogP contribution in [-0.4, -0.2) is 59.3 Å². The molecule has 1 unspecified atom stereocenters. The molecule has 1 atom stereocenters. The molecule has 0 radical (unpaired) electrons. The third-order valence-corrected chi connectivity index (χ3v) is 4.13. The number of carbonyl (C=O) groups excluding carboxylic acids is 2. The van der Waals surface area contributed by atoms with Crippen molar-refractivity contribution >= 4 is 11.8 Å². The van der Waals surface area contributed by atoms with E-state index in [9.17, 15) is 9.59 Å². The van der Waals surface area contributed by atoms with Crippen molar-refractivity contribution in [1.82, 2.24) is 20.1 Å². The monoisotopic (exact) mass is 288 g/mol. The van der Waals surface area contributed by atoms with Gasteiger partial charge in [0.1, 0.15) is 0 Å². The van der Waals surface area contributed by atoms with Crippen LogP contribution in [0, 0.1) is 0 Å². The van der Waals surface area contributed by atoms with E-state index in [2.05, 4.69) is 10.3 Å². The second-order valence-electron chi connectivity index (χ2n) is 5.51. The number of rotatable bonds is 3. The van der Waals surface area contributed by atoms with Crippen molar-refractivity contribution in [3.8, 4) is 0 Å². The Morgan fingerprint density at radius 3 is 3.05 bits per heavy atom. The first-order valence-electron chi connectivity index (χ1n) is 7.43. The van der Waals surface area contributed by atoms with Gasteiger partial charge < -0.3 is 15.1 Å². The first kappa shape index (κ1) is 14.0. The number of carbonyl (C=O) groups is 2. The zero-order valence-electron chi connectivity index (χ0n) is 12.0. The smallest absolute Gasteiger partial charge is 0.242 e. The average Bonchev–Trinajstić information content (AvgIpc) is 2.93. The predicted octanol–water partition coefficient (Wildman–Crippen LogP) is 0.177. The minimum absolute atomic E-state index is 0.00217. The first-order valence-corrected chi connectivity index (χ1v) is 7.43. The molecule has 6 heteroatoms. The topological polar surface area (TPSA) is 65.5 Å². The molecule has 0 aliphatic carbocycles. The van der Waals surface area contributed by atoms with E-state index >= 15 is 0 Å². The molecule has 2 fully saturated rings. The van der Waals surface area contributed by atoms with E-state index in [1.807, 2.05) is 17.0 Å². The number of amides is 2. The number of nitrogens with zero attached hydrogens (tertiary/aromatic N) is 3. The van der Waals surface area contributed by atoms with Crippen LogP contribution in [0.5, 0.6) is 0 Å². The molecule has 0 saturated carbocycles. The van der Waals surface area contributed by atoms with E-state index < -0.39 is 0 Å². The molecule has 2 aliphatic heterocycles. The molecule has 3 rings (SSSR count). The minimum atomic E-state index is -0.00217. The van der Waals surface area contributed by atoms with Crippen molar-refractivity contribution in [2.24, 2.45) is 0 Å². The number of nitrogens with one attached hydrogen (secondary N) is 1. The molecule has 112 valence electrons. The number of hydrogen-bond acceptors (Lipinski definition) is 4. The van der Waals surface area contributed by atoms with Gasteiger partial charge in [0.2, 0.25) is 11.8 Å². The molecule has 1 aromatic heterocycles. The maximum atomic E-state index is 12.6. The summed E-state index contributed by atoms with van der Waals surface area (Å²) in [4.78, 5) is 31.9. The van der Waals surface area contributed by atoms with Crippen molar-refractivity contribution < 1.29 is 9.59 Å². The number of likely N-dealkylation sites (tertiary alicyclic amines) is 1. The number of aromatic nitrogens is 1. The summed E-state index contributed by atoms with van der Waals surface area (Å²) in [5, 5.41) is 3.32. The zero-order chi connectivity index (χ0) is 14.7. The Labute approximate surface area is 124 Å². The normalized spacial score (nSPS) is 22.7. The van der Waals surface area contributed by atoms with Crippen molar-refractivity contribution in [2.75, 3.05) is 32.7 Å². The Morgan fingerprint density at radius 1 is 1.43 bits per heavy atom. The summed E-state index contributed by atoms with van der Waals surface area (Å²) in [7, 11) is 0. The largest absolute Gasteiger partial charge is 0.333 e. The van der Waals surface area contributed by atoms with Gasteiger partial charge in [0.05, 0.1) is 12.6 Å². The van der Waals surface area contributed by atoms with Crippen LogP contribution < -0.4 is 5.32 Å². The van der Waals surface area contributed by atoms with Crippen LogP contribution in [0.1, 0.15) is 24.4 Å². The predicted molar refractivity (Wildman–Crippen MR) is 77.4 cm³/mol. The summed E-state index contributed by atoms with van der Waals surface area (Å²) in [6, 6.07) is 3.88. The third kappa shape index (κ3) is 3.05. The third-order valence-electron chi connectivity index (χ3n) is 4.13.